The Kier molecular flexibility index (Phi) is 2.70. The number of rotatable bonds is 4. The van der Waals surface area contributed by atoms with Gasteiger partial charge in [0.15, 0.2) is 5.84 Å². The molecule has 1 unspecified atom stereocenters. The molecule has 0 saturated heterocycles. The fourth-order valence-electron chi connectivity index (χ4n) is 1.06. The van der Waals surface area contributed by atoms with Crippen molar-refractivity contribution in [2.75, 3.05) is 6.54 Å². The van der Waals surface area contributed by atoms with Gasteiger partial charge in [-0.25, -0.2) is 0 Å². The SMILES string of the molecule is CC(NCC(N)=NO)C1CC1. The van der Waals surface area contributed by atoms with Crippen LogP contribution in [-0.4, -0.2) is 23.6 Å². The van der Waals surface area contributed by atoms with Gasteiger partial charge in [0.25, 0.3) is 0 Å². The Morgan fingerprint density at radius 2 is 2.45 bits per heavy atom. The van der Waals surface area contributed by atoms with Gasteiger partial charge in [0.05, 0.1) is 6.54 Å². The standard InChI is InChI=1S/C7H15N3O/c1-5(6-2-3-6)9-4-7(8)10-11/h5-6,9,11H,2-4H2,1H3,(H2,8,10). The molecular formula is C7H15N3O. The fourth-order valence-corrected chi connectivity index (χ4v) is 1.06. The van der Waals surface area contributed by atoms with E-state index in [1.54, 1.807) is 0 Å². The Morgan fingerprint density at radius 1 is 1.82 bits per heavy atom. The minimum atomic E-state index is 0.248. The fraction of sp³-hybridized carbons (Fsp3) is 0.857. The van der Waals surface area contributed by atoms with Crippen LogP contribution in [0.3, 0.4) is 0 Å². The lowest BCUT2D eigenvalue weighted by molar-refractivity contribution is 0.316. The molecule has 4 N–H and O–H groups in total. The first-order chi connectivity index (χ1) is 5.24. The average Bonchev–Trinajstić information content (AvgIpc) is 2.81. The van der Waals surface area contributed by atoms with Crippen LogP contribution in [0.2, 0.25) is 0 Å². The van der Waals surface area contributed by atoms with E-state index < -0.39 is 0 Å². The monoisotopic (exact) mass is 157 g/mol. The van der Waals surface area contributed by atoms with Crippen molar-refractivity contribution >= 4 is 5.84 Å². The molecule has 0 spiro atoms. The summed E-state index contributed by atoms with van der Waals surface area (Å²) in [7, 11) is 0. The van der Waals surface area contributed by atoms with Crippen LogP contribution in [0, 0.1) is 5.92 Å². The number of hydrogen-bond donors (Lipinski definition) is 3. The number of nitrogens with one attached hydrogen (secondary N) is 1. The Labute approximate surface area is 66.5 Å². The van der Waals surface area contributed by atoms with Crippen LogP contribution in [0.15, 0.2) is 5.16 Å². The van der Waals surface area contributed by atoms with E-state index in [-0.39, 0.29) is 5.84 Å². The van der Waals surface area contributed by atoms with Crippen molar-refractivity contribution in [3.8, 4) is 0 Å². The summed E-state index contributed by atoms with van der Waals surface area (Å²) in [6.45, 7) is 2.61. The molecule has 11 heavy (non-hydrogen) atoms. The molecule has 1 aliphatic rings. The van der Waals surface area contributed by atoms with Crippen molar-refractivity contribution < 1.29 is 5.21 Å². The molecule has 1 aliphatic carbocycles. The Bertz CT molecular complexity index is 154. The predicted octanol–water partition coefficient (Wildman–Crippen LogP) is 0.121. The predicted molar refractivity (Wildman–Crippen MR) is 43.6 cm³/mol. The van der Waals surface area contributed by atoms with Gasteiger partial charge in [-0.05, 0) is 25.7 Å². The molecule has 0 aromatic heterocycles. The lowest BCUT2D eigenvalue weighted by atomic mass is 10.2. The third-order valence-electron chi connectivity index (χ3n) is 2.06. The van der Waals surface area contributed by atoms with Crippen LogP contribution >= 0.6 is 0 Å². The summed E-state index contributed by atoms with van der Waals surface area (Å²) in [4.78, 5) is 0. The molecule has 4 heteroatoms. The van der Waals surface area contributed by atoms with Crippen LogP contribution in [0.1, 0.15) is 19.8 Å². The summed E-state index contributed by atoms with van der Waals surface area (Å²) >= 11 is 0. The number of oxime groups is 1. The van der Waals surface area contributed by atoms with Crippen LogP contribution in [0.25, 0.3) is 0 Å². The van der Waals surface area contributed by atoms with Gasteiger partial charge in [-0.3, -0.25) is 0 Å². The Morgan fingerprint density at radius 3 is 2.91 bits per heavy atom. The Hall–Kier alpha value is -0.770. The molecule has 0 heterocycles. The maximum absolute atomic E-state index is 8.22. The number of amidine groups is 1. The van der Waals surface area contributed by atoms with Crippen LogP contribution in [-0.2, 0) is 0 Å². The van der Waals surface area contributed by atoms with Crippen molar-refractivity contribution in [3.63, 3.8) is 0 Å². The number of hydrogen-bond acceptors (Lipinski definition) is 3. The van der Waals surface area contributed by atoms with Gasteiger partial charge in [0.1, 0.15) is 0 Å². The first-order valence-electron chi connectivity index (χ1n) is 3.94. The van der Waals surface area contributed by atoms with E-state index in [1.165, 1.54) is 12.8 Å². The molecule has 0 amide bonds. The minimum absolute atomic E-state index is 0.248. The topological polar surface area (TPSA) is 70.6 Å². The second-order valence-corrected chi connectivity index (χ2v) is 3.10. The molecule has 1 atom stereocenters. The van der Waals surface area contributed by atoms with Crippen molar-refractivity contribution in [3.05, 3.63) is 0 Å². The molecular weight excluding hydrogens is 142 g/mol. The van der Waals surface area contributed by atoms with Crippen molar-refractivity contribution in [1.82, 2.24) is 5.32 Å². The van der Waals surface area contributed by atoms with Crippen LogP contribution in [0.4, 0.5) is 0 Å². The summed E-state index contributed by atoms with van der Waals surface area (Å²) in [6, 6.07) is 0.496. The lowest BCUT2D eigenvalue weighted by Crippen LogP contribution is -2.36. The van der Waals surface area contributed by atoms with E-state index in [0.29, 0.717) is 12.6 Å². The summed E-state index contributed by atoms with van der Waals surface area (Å²) in [6.07, 6.45) is 2.62. The zero-order chi connectivity index (χ0) is 8.27. The normalized spacial score (nSPS) is 21.7. The van der Waals surface area contributed by atoms with E-state index in [2.05, 4.69) is 17.4 Å². The van der Waals surface area contributed by atoms with Gasteiger partial charge in [-0.15, -0.1) is 0 Å². The van der Waals surface area contributed by atoms with E-state index in [1.807, 2.05) is 0 Å². The molecule has 1 fully saturated rings. The summed E-state index contributed by atoms with van der Waals surface area (Å²) in [5.74, 6) is 1.05. The first-order valence-corrected chi connectivity index (χ1v) is 3.94. The van der Waals surface area contributed by atoms with Gasteiger partial charge < -0.3 is 16.3 Å². The third-order valence-corrected chi connectivity index (χ3v) is 2.06. The highest BCUT2D eigenvalue weighted by atomic mass is 16.4. The minimum Gasteiger partial charge on any atom is -0.409 e. The maximum Gasteiger partial charge on any atom is 0.153 e. The summed E-state index contributed by atoms with van der Waals surface area (Å²) in [5.41, 5.74) is 5.28. The molecule has 0 radical (unpaired) electrons. The highest BCUT2D eigenvalue weighted by molar-refractivity contribution is 5.81. The molecule has 0 bridgehead atoms. The van der Waals surface area contributed by atoms with Crippen molar-refractivity contribution in [2.45, 2.75) is 25.8 Å². The molecule has 64 valence electrons. The highest BCUT2D eigenvalue weighted by Crippen LogP contribution is 2.32. The quantitative estimate of drug-likeness (QED) is 0.235. The van der Waals surface area contributed by atoms with E-state index >= 15 is 0 Å². The molecule has 4 nitrogen and oxygen atoms in total. The van der Waals surface area contributed by atoms with Crippen molar-refractivity contribution in [1.29, 1.82) is 0 Å². The molecule has 0 aromatic carbocycles. The first kappa shape index (κ1) is 8.33. The van der Waals surface area contributed by atoms with Gasteiger partial charge in [-0.2, -0.15) is 0 Å². The summed E-state index contributed by atoms with van der Waals surface area (Å²) < 4.78 is 0. The molecule has 1 rings (SSSR count). The summed E-state index contributed by atoms with van der Waals surface area (Å²) in [5, 5.41) is 14.3. The zero-order valence-corrected chi connectivity index (χ0v) is 6.75. The second-order valence-electron chi connectivity index (χ2n) is 3.10. The zero-order valence-electron chi connectivity index (χ0n) is 6.75. The molecule has 1 saturated carbocycles. The van der Waals surface area contributed by atoms with Gasteiger partial charge >= 0.3 is 0 Å². The highest BCUT2D eigenvalue weighted by Gasteiger charge is 2.27. The van der Waals surface area contributed by atoms with E-state index in [4.69, 9.17) is 10.9 Å². The van der Waals surface area contributed by atoms with Crippen molar-refractivity contribution in [2.24, 2.45) is 16.8 Å². The van der Waals surface area contributed by atoms with Gasteiger partial charge in [0.2, 0.25) is 0 Å². The van der Waals surface area contributed by atoms with Crippen LogP contribution in [0.5, 0.6) is 0 Å². The lowest BCUT2D eigenvalue weighted by Gasteiger charge is -2.10. The van der Waals surface area contributed by atoms with E-state index in [9.17, 15) is 0 Å². The largest absolute Gasteiger partial charge is 0.409 e. The smallest absolute Gasteiger partial charge is 0.153 e. The number of nitrogens with zero attached hydrogens (tertiary/aromatic N) is 1. The molecule has 0 aromatic rings. The van der Waals surface area contributed by atoms with Crippen LogP contribution < -0.4 is 11.1 Å². The maximum atomic E-state index is 8.22. The van der Waals surface area contributed by atoms with E-state index in [0.717, 1.165) is 5.92 Å². The molecule has 0 aliphatic heterocycles. The average molecular weight is 157 g/mol. The second kappa shape index (κ2) is 3.57. The Balaban J connectivity index is 2.10. The third kappa shape index (κ3) is 2.76. The van der Waals surface area contributed by atoms with Gasteiger partial charge in [0, 0.05) is 6.04 Å². The number of nitrogens with two attached hydrogens (primary N) is 1. The van der Waals surface area contributed by atoms with Gasteiger partial charge in [-0.1, -0.05) is 5.16 Å².